The molecule has 1 fully saturated rings. The highest BCUT2D eigenvalue weighted by Gasteiger charge is 2.30. The molecule has 90 valence electrons. The van der Waals surface area contributed by atoms with E-state index in [1.54, 1.807) is 7.05 Å². The van der Waals surface area contributed by atoms with Crippen molar-refractivity contribution in [3.05, 3.63) is 0 Å². The van der Waals surface area contributed by atoms with Crippen LogP contribution in [0.4, 0.5) is 0 Å². The summed E-state index contributed by atoms with van der Waals surface area (Å²) in [5.41, 5.74) is 5.65. The molecule has 1 rings (SSSR count). The van der Waals surface area contributed by atoms with Crippen molar-refractivity contribution in [1.82, 2.24) is 9.03 Å². The molecule has 6 heteroatoms. The summed E-state index contributed by atoms with van der Waals surface area (Å²) in [5.74, 6) is 0.425. The number of nitrogens with two attached hydrogens (primary N) is 1. The van der Waals surface area contributed by atoms with E-state index >= 15 is 0 Å². The lowest BCUT2D eigenvalue weighted by atomic mass is 9.81. The predicted molar refractivity (Wildman–Crippen MR) is 60.5 cm³/mol. The Morgan fingerprint density at radius 2 is 2.00 bits per heavy atom. The summed E-state index contributed by atoms with van der Waals surface area (Å²) in [6.07, 6.45) is 1.86. The van der Waals surface area contributed by atoms with Gasteiger partial charge in [-0.2, -0.15) is 17.4 Å². The minimum atomic E-state index is -3.31. The quantitative estimate of drug-likeness (QED) is 0.698. The molecule has 1 saturated carbocycles. The average Bonchev–Trinajstić information content (AvgIpc) is 1.98. The Balaban J connectivity index is 2.42. The Kier molecular flexibility index (Phi) is 4.11. The Bertz CT molecular complexity index is 296. The van der Waals surface area contributed by atoms with Crippen LogP contribution in [0, 0.1) is 5.92 Å². The Morgan fingerprint density at radius 3 is 2.40 bits per heavy atom. The van der Waals surface area contributed by atoms with E-state index < -0.39 is 10.2 Å². The van der Waals surface area contributed by atoms with Crippen molar-refractivity contribution in [2.45, 2.75) is 38.8 Å². The highest BCUT2D eigenvalue weighted by atomic mass is 32.2. The second kappa shape index (κ2) is 4.78. The molecule has 0 spiro atoms. The van der Waals surface area contributed by atoms with Gasteiger partial charge in [0, 0.05) is 25.7 Å². The number of hydrogen-bond acceptors (Lipinski definition) is 3. The van der Waals surface area contributed by atoms with Crippen molar-refractivity contribution in [3.8, 4) is 0 Å². The molecule has 0 amide bonds. The maximum Gasteiger partial charge on any atom is 0.279 e. The molecule has 5 nitrogen and oxygen atoms in total. The fourth-order valence-corrected chi connectivity index (χ4v) is 2.97. The fourth-order valence-electron chi connectivity index (χ4n) is 1.79. The van der Waals surface area contributed by atoms with Crippen LogP contribution in [0.5, 0.6) is 0 Å². The molecule has 15 heavy (non-hydrogen) atoms. The molecule has 0 atom stereocenters. The first-order valence-corrected chi connectivity index (χ1v) is 6.74. The standard InChI is InChI=1S/C9H21N3O2S/c1-7(2)11-15(13,14)12(3)6-8-4-9(10)5-8/h7-9,11H,4-6,10H2,1-3H3. The molecule has 0 radical (unpaired) electrons. The molecular weight excluding hydrogens is 214 g/mol. The summed E-state index contributed by atoms with van der Waals surface area (Å²) in [4.78, 5) is 0. The van der Waals surface area contributed by atoms with E-state index in [2.05, 4.69) is 4.72 Å². The average molecular weight is 235 g/mol. The zero-order chi connectivity index (χ0) is 11.6. The van der Waals surface area contributed by atoms with Crippen LogP contribution in [0.2, 0.25) is 0 Å². The molecule has 0 aromatic rings. The van der Waals surface area contributed by atoms with E-state index in [1.165, 1.54) is 4.31 Å². The first-order chi connectivity index (χ1) is 6.81. The molecule has 1 aliphatic rings. The Hall–Kier alpha value is -0.170. The number of nitrogens with one attached hydrogen (secondary N) is 1. The van der Waals surface area contributed by atoms with E-state index in [0.717, 1.165) is 12.8 Å². The van der Waals surface area contributed by atoms with Crippen molar-refractivity contribution < 1.29 is 8.42 Å². The molecule has 0 heterocycles. The van der Waals surface area contributed by atoms with Gasteiger partial charge in [0.25, 0.3) is 10.2 Å². The van der Waals surface area contributed by atoms with Gasteiger partial charge in [0.1, 0.15) is 0 Å². The normalized spacial score (nSPS) is 27.1. The van der Waals surface area contributed by atoms with Crippen molar-refractivity contribution in [1.29, 1.82) is 0 Å². The third-order valence-electron chi connectivity index (χ3n) is 2.58. The molecule has 0 aromatic heterocycles. The van der Waals surface area contributed by atoms with Crippen LogP contribution in [0.3, 0.4) is 0 Å². The summed E-state index contributed by atoms with van der Waals surface area (Å²) in [7, 11) is -1.70. The minimum Gasteiger partial charge on any atom is -0.328 e. The minimum absolute atomic E-state index is 0.0684. The lowest BCUT2D eigenvalue weighted by Gasteiger charge is -2.35. The van der Waals surface area contributed by atoms with Crippen LogP contribution in [0.1, 0.15) is 26.7 Å². The van der Waals surface area contributed by atoms with Gasteiger partial charge in [0.2, 0.25) is 0 Å². The van der Waals surface area contributed by atoms with Gasteiger partial charge in [-0.25, -0.2) is 0 Å². The number of nitrogens with zero attached hydrogens (tertiary/aromatic N) is 1. The van der Waals surface area contributed by atoms with Gasteiger partial charge < -0.3 is 5.73 Å². The first-order valence-electron chi connectivity index (χ1n) is 5.30. The fraction of sp³-hybridized carbons (Fsp3) is 1.00. The van der Waals surface area contributed by atoms with Crippen LogP contribution in [-0.4, -0.2) is 38.4 Å². The highest BCUT2D eigenvalue weighted by Crippen LogP contribution is 2.26. The summed E-state index contributed by atoms with van der Waals surface area (Å²) in [6.45, 7) is 4.19. The maximum absolute atomic E-state index is 11.7. The van der Waals surface area contributed by atoms with Gasteiger partial charge in [-0.3, -0.25) is 0 Å². The first kappa shape index (κ1) is 12.9. The molecule has 0 aliphatic heterocycles. The third-order valence-corrected chi connectivity index (χ3v) is 4.32. The summed E-state index contributed by atoms with van der Waals surface area (Å²) in [5, 5.41) is 0. The molecule has 0 unspecified atom stereocenters. The van der Waals surface area contributed by atoms with Gasteiger partial charge in [-0.1, -0.05) is 0 Å². The van der Waals surface area contributed by atoms with E-state index in [9.17, 15) is 8.42 Å². The second-order valence-electron chi connectivity index (χ2n) is 4.66. The van der Waals surface area contributed by atoms with E-state index in [1.807, 2.05) is 13.8 Å². The molecule has 0 saturated heterocycles. The third kappa shape index (κ3) is 3.71. The zero-order valence-corrected chi connectivity index (χ0v) is 10.4. The summed E-state index contributed by atoms with van der Waals surface area (Å²) in [6, 6.07) is 0.199. The second-order valence-corrected chi connectivity index (χ2v) is 6.46. The molecule has 3 N–H and O–H groups in total. The van der Waals surface area contributed by atoms with Crippen molar-refractivity contribution >= 4 is 10.2 Å². The SMILES string of the molecule is CC(C)NS(=O)(=O)N(C)CC1CC(N)C1. The summed E-state index contributed by atoms with van der Waals surface area (Å²) >= 11 is 0. The van der Waals surface area contributed by atoms with E-state index in [0.29, 0.717) is 12.5 Å². The predicted octanol–water partition coefficient (Wildman–Crippen LogP) is -0.102. The zero-order valence-electron chi connectivity index (χ0n) is 9.60. The topological polar surface area (TPSA) is 75.4 Å². The van der Waals surface area contributed by atoms with Gasteiger partial charge in [0.05, 0.1) is 0 Å². The van der Waals surface area contributed by atoms with Crippen LogP contribution in [0.15, 0.2) is 0 Å². The smallest absolute Gasteiger partial charge is 0.279 e. The summed E-state index contributed by atoms with van der Waals surface area (Å²) < 4.78 is 27.3. The van der Waals surface area contributed by atoms with Gasteiger partial charge in [0.15, 0.2) is 0 Å². The lowest BCUT2D eigenvalue weighted by molar-refractivity contribution is 0.226. The highest BCUT2D eigenvalue weighted by molar-refractivity contribution is 7.87. The Morgan fingerprint density at radius 1 is 1.47 bits per heavy atom. The number of rotatable bonds is 5. The molecular formula is C9H21N3O2S. The monoisotopic (exact) mass is 235 g/mol. The number of hydrogen-bond donors (Lipinski definition) is 2. The molecule has 0 bridgehead atoms. The van der Waals surface area contributed by atoms with Gasteiger partial charge in [-0.15, -0.1) is 0 Å². The maximum atomic E-state index is 11.7. The van der Waals surface area contributed by atoms with E-state index in [4.69, 9.17) is 5.73 Å². The lowest BCUT2D eigenvalue weighted by Crippen LogP contribution is -2.47. The van der Waals surface area contributed by atoms with Gasteiger partial charge >= 0.3 is 0 Å². The van der Waals surface area contributed by atoms with Crippen LogP contribution in [-0.2, 0) is 10.2 Å². The van der Waals surface area contributed by atoms with Crippen molar-refractivity contribution in [3.63, 3.8) is 0 Å². The van der Waals surface area contributed by atoms with Crippen LogP contribution >= 0.6 is 0 Å². The Labute approximate surface area is 92.2 Å². The molecule has 0 aromatic carbocycles. The van der Waals surface area contributed by atoms with Crippen LogP contribution < -0.4 is 10.5 Å². The largest absolute Gasteiger partial charge is 0.328 e. The van der Waals surface area contributed by atoms with Crippen LogP contribution in [0.25, 0.3) is 0 Å². The van der Waals surface area contributed by atoms with E-state index in [-0.39, 0.29) is 12.1 Å². The van der Waals surface area contributed by atoms with Crippen molar-refractivity contribution in [2.24, 2.45) is 11.7 Å². The van der Waals surface area contributed by atoms with Crippen molar-refractivity contribution in [2.75, 3.05) is 13.6 Å². The van der Waals surface area contributed by atoms with Gasteiger partial charge in [-0.05, 0) is 32.6 Å². The molecule has 1 aliphatic carbocycles.